The van der Waals surface area contributed by atoms with E-state index in [-0.39, 0.29) is 6.61 Å². The van der Waals surface area contributed by atoms with E-state index >= 15 is 0 Å². The lowest BCUT2D eigenvalue weighted by Crippen LogP contribution is -2.15. The second-order valence-electron chi connectivity index (χ2n) is 4.83. The fourth-order valence-corrected chi connectivity index (χ4v) is 1.88. The molecule has 1 aromatic carbocycles. The molecule has 0 aromatic heterocycles. The summed E-state index contributed by atoms with van der Waals surface area (Å²) < 4.78 is 5.38. The summed E-state index contributed by atoms with van der Waals surface area (Å²) in [5.41, 5.74) is 2.54. The predicted octanol–water partition coefficient (Wildman–Crippen LogP) is 2.68. The molecule has 3 heteroatoms. The number of unbranched alkanes of at least 4 members (excludes halogenated alkanes) is 1. The van der Waals surface area contributed by atoms with Crippen molar-refractivity contribution < 1.29 is 9.84 Å². The van der Waals surface area contributed by atoms with Gasteiger partial charge in [0.1, 0.15) is 5.75 Å². The molecule has 1 rings (SSSR count). The van der Waals surface area contributed by atoms with E-state index in [4.69, 9.17) is 9.84 Å². The second kappa shape index (κ2) is 8.11. The van der Waals surface area contributed by atoms with E-state index in [0.717, 1.165) is 31.7 Å². The molecule has 18 heavy (non-hydrogen) atoms. The largest absolute Gasteiger partial charge is 0.496 e. The molecule has 0 aliphatic rings. The van der Waals surface area contributed by atoms with Crippen molar-refractivity contribution in [3.8, 4) is 5.75 Å². The van der Waals surface area contributed by atoms with Gasteiger partial charge in [0, 0.05) is 18.7 Å². The van der Waals surface area contributed by atoms with Crippen molar-refractivity contribution in [2.45, 2.75) is 39.2 Å². The Bertz CT molecular complexity index is 350. The van der Waals surface area contributed by atoms with Crippen molar-refractivity contribution in [2.24, 2.45) is 0 Å². The minimum absolute atomic E-state index is 0.272. The normalized spacial score (nSPS) is 10.9. The Labute approximate surface area is 110 Å². The molecule has 0 aliphatic carbocycles. The van der Waals surface area contributed by atoms with Crippen LogP contribution in [0.25, 0.3) is 0 Å². The number of ether oxygens (including phenoxy) is 1. The Morgan fingerprint density at radius 2 is 2.06 bits per heavy atom. The summed E-state index contributed by atoms with van der Waals surface area (Å²) >= 11 is 0. The molecular weight excluding hydrogens is 226 g/mol. The maximum absolute atomic E-state index is 8.71. The number of aliphatic hydroxyl groups excluding tert-OH is 1. The zero-order valence-corrected chi connectivity index (χ0v) is 11.7. The Morgan fingerprint density at radius 3 is 2.67 bits per heavy atom. The van der Waals surface area contributed by atoms with E-state index < -0.39 is 0 Å². The lowest BCUT2D eigenvalue weighted by atomic mass is 10.00. The summed E-state index contributed by atoms with van der Waals surface area (Å²) in [5, 5.41) is 12.1. The van der Waals surface area contributed by atoms with E-state index in [1.807, 2.05) is 6.07 Å². The van der Waals surface area contributed by atoms with Gasteiger partial charge in [-0.25, -0.2) is 0 Å². The molecule has 3 nitrogen and oxygen atoms in total. The van der Waals surface area contributed by atoms with Crippen LogP contribution in [0.15, 0.2) is 18.2 Å². The molecule has 0 heterocycles. The van der Waals surface area contributed by atoms with Crippen LogP contribution in [0, 0.1) is 0 Å². The molecule has 1 aromatic rings. The fourth-order valence-electron chi connectivity index (χ4n) is 1.88. The standard InChI is InChI=1S/C15H25NO2/c1-12(2)13-6-7-15(18-3)14(10-13)11-16-8-4-5-9-17/h6-7,10,12,16-17H,4-5,8-9,11H2,1-3H3. The second-order valence-corrected chi connectivity index (χ2v) is 4.83. The first-order valence-electron chi connectivity index (χ1n) is 6.67. The summed E-state index contributed by atoms with van der Waals surface area (Å²) in [6.45, 7) is 6.40. The quantitative estimate of drug-likeness (QED) is 0.698. The summed E-state index contributed by atoms with van der Waals surface area (Å²) in [5.74, 6) is 1.47. The van der Waals surface area contributed by atoms with Gasteiger partial charge < -0.3 is 15.2 Å². The monoisotopic (exact) mass is 251 g/mol. The van der Waals surface area contributed by atoms with Gasteiger partial charge in [0.25, 0.3) is 0 Å². The van der Waals surface area contributed by atoms with Gasteiger partial charge in [-0.05, 0) is 36.9 Å². The smallest absolute Gasteiger partial charge is 0.123 e. The summed E-state index contributed by atoms with van der Waals surface area (Å²) in [4.78, 5) is 0. The molecule has 0 radical (unpaired) electrons. The van der Waals surface area contributed by atoms with Crippen LogP contribution in [-0.2, 0) is 6.54 Å². The number of hydrogen-bond donors (Lipinski definition) is 2. The predicted molar refractivity (Wildman–Crippen MR) is 75.1 cm³/mol. The number of methoxy groups -OCH3 is 1. The highest BCUT2D eigenvalue weighted by molar-refractivity contribution is 5.38. The third-order valence-electron chi connectivity index (χ3n) is 3.05. The van der Waals surface area contributed by atoms with Crippen molar-refractivity contribution in [1.82, 2.24) is 5.32 Å². The number of nitrogens with one attached hydrogen (secondary N) is 1. The summed E-state index contributed by atoms with van der Waals surface area (Å²) in [6.07, 6.45) is 1.86. The van der Waals surface area contributed by atoms with Crippen molar-refractivity contribution in [2.75, 3.05) is 20.3 Å². The molecule has 0 aliphatic heterocycles. The SMILES string of the molecule is COc1ccc(C(C)C)cc1CNCCCCO. The molecule has 2 N–H and O–H groups in total. The zero-order valence-electron chi connectivity index (χ0n) is 11.7. The minimum atomic E-state index is 0.272. The number of rotatable bonds is 8. The van der Waals surface area contributed by atoms with E-state index in [2.05, 4.69) is 31.3 Å². The summed E-state index contributed by atoms with van der Waals surface area (Å²) in [7, 11) is 1.71. The first-order chi connectivity index (χ1) is 8.69. The van der Waals surface area contributed by atoms with Gasteiger partial charge in [-0.1, -0.05) is 26.0 Å². The Morgan fingerprint density at radius 1 is 1.28 bits per heavy atom. The highest BCUT2D eigenvalue weighted by Crippen LogP contribution is 2.23. The molecule has 0 atom stereocenters. The van der Waals surface area contributed by atoms with Gasteiger partial charge in [-0.3, -0.25) is 0 Å². The van der Waals surface area contributed by atoms with Gasteiger partial charge in [0.2, 0.25) is 0 Å². The van der Waals surface area contributed by atoms with Crippen molar-refractivity contribution in [1.29, 1.82) is 0 Å². The Hall–Kier alpha value is -1.06. The maximum Gasteiger partial charge on any atom is 0.123 e. The van der Waals surface area contributed by atoms with Crippen molar-refractivity contribution in [3.63, 3.8) is 0 Å². The third kappa shape index (κ3) is 4.67. The Balaban J connectivity index is 2.58. The number of aliphatic hydroxyl groups is 1. The molecule has 0 unspecified atom stereocenters. The number of benzene rings is 1. The van der Waals surface area contributed by atoms with Crippen LogP contribution in [0.2, 0.25) is 0 Å². The first kappa shape index (κ1) is 15.0. The first-order valence-corrected chi connectivity index (χ1v) is 6.67. The van der Waals surface area contributed by atoms with Crippen LogP contribution in [-0.4, -0.2) is 25.4 Å². The minimum Gasteiger partial charge on any atom is -0.496 e. The third-order valence-corrected chi connectivity index (χ3v) is 3.05. The highest BCUT2D eigenvalue weighted by Gasteiger charge is 2.06. The van der Waals surface area contributed by atoms with E-state index in [9.17, 15) is 0 Å². The van der Waals surface area contributed by atoms with Crippen LogP contribution in [0.1, 0.15) is 43.7 Å². The molecule has 0 saturated heterocycles. The lowest BCUT2D eigenvalue weighted by molar-refractivity contribution is 0.283. The van der Waals surface area contributed by atoms with Gasteiger partial charge in [-0.2, -0.15) is 0 Å². The molecule has 0 amide bonds. The molecule has 0 saturated carbocycles. The zero-order chi connectivity index (χ0) is 13.4. The van der Waals surface area contributed by atoms with Crippen LogP contribution >= 0.6 is 0 Å². The van der Waals surface area contributed by atoms with Crippen LogP contribution in [0.5, 0.6) is 5.75 Å². The lowest BCUT2D eigenvalue weighted by Gasteiger charge is -2.13. The maximum atomic E-state index is 8.71. The highest BCUT2D eigenvalue weighted by atomic mass is 16.5. The van der Waals surface area contributed by atoms with Gasteiger partial charge >= 0.3 is 0 Å². The molecule has 0 spiro atoms. The van der Waals surface area contributed by atoms with E-state index in [1.54, 1.807) is 7.11 Å². The topological polar surface area (TPSA) is 41.5 Å². The van der Waals surface area contributed by atoms with Crippen molar-refractivity contribution >= 4 is 0 Å². The van der Waals surface area contributed by atoms with Crippen LogP contribution < -0.4 is 10.1 Å². The molecule has 0 bridgehead atoms. The van der Waals surface area contributed by atoms with Gasteiger partial charge in [0.15, 0.2) is 0 Å². The molecular formula is C15H25NO2. The molecule has 102 valence electrons. The average molecular weight is 251 g/mol. The van der Waals surface area contributed by atoms with Gasteiger partial charge in [-0.15, -0.1) is 0 Å². The average Bonchev–Trinajstić information content (AvgIpc) is 2.38. The van der Waals surface area contributed by atoms with Crippen molar-refractivity contribution in [3.05, 3.63) is 29.3 Å². The van der Waals surface area contributed by atoms with Crippen LogP contribution in [0.4, 0.5) is 0 Å². The summed E-state index contributed by atoms with van der Waals surface area (Å²) in [6, 6.07) is 6.38. The van der Waals surface area contributed by atoms with Gasteiger partial charge in [0.05, 0.1) is 7.11 Å². The fraction of sp³-hybridized carbons (Fsp3) is 0.600. The van der Waals surface area contributed by atoms with E-state index in [1.165, 1.54) is 11.1 Å². The molecule has 0 fully saturated rings. The van der Waals surface area contributed by atoms with Crippen LogP contribution in [0.3, 0.4) is 0 Å². The Kier molecular flexibility index (Phi) is 6.76. The van der Waals surface area contributed by atoms with E-state index in [0.29, 0.717) is 5.92 Å². The number of hydrogen-bond acceptors (Lipinski definition) is 3.